The Balaban J connectivity index is 1.76. The highest BCUT2D eigenvalue weighted by molar-refractivity contribution is 5.80. The number of pyridine rings is 1. The smallest absolute Gasteiger partial charge is 0.409 e. The molecule has 1 aliphatic rings. The van der Waals surface area contributed by atoms with Crippen molar-refractivity contribution in [2.75, 3.05) is 46.4 Å². The molecule has 24 heavy (non-hydrogen) atoms. The van der Waals surface area contributed by atoms with Gasteiger partial charge in [-0.3, -0.25) is 9.98 Å². The Hall–Kier alpha value is -2.31. The van der Waals surface area contributed by atoms with E-state index in [9.17, 15) is 4.79 Å². The zero-order valence-corrected chi connectivity index (χ0v) is 14.8. The normalized spacial score (nSPS) is 15.4. The van der Waals surface area contributed by atoms with Gasteiger partial charge in [0.2, 0.25) is 0 Å². The lowest BCUT2D eigenvalue weighted by atomic mass is 10.2. The van der Waals surface area contributed by atoms with Gasteiger partial charge in [-0.05, 0) is 31.9 Å². The van der Waals surface area contributed by atoms with E-state index in [0.29, 0.717) is 19.7 Å². The van der Waals surface area contributed by atoms with Crippen LogP contribution in [0.15, 0.2) is 23.3 Å². The van der Waals surface area contributed by atoms with Crippen molar-refractivity contribution in [1.82, 2.24) is 20.1 Å². The quantitative estimate of drug-likeness (QED) is 0.664. The number of amides is 1. The maximum atomic E-state index is 11.7. The maximum absolute atomic E-state index is 11.7. The molecule has 7 heteroatoms. The summed E-state index contributed by atoms with van der Waals surface area (Å²) in [5, 5.41) is 3.38. The number of guanidine groups is 1. The number of hydrogen-bond acceptors (Lipinski definition) is 4. The molecule has 0 saturated carbocycles. The fourth-order valence-corrected chi connectivity index (χ4v) is 2.61. The minimum atomic E-state index is -0.230. The average Bonchev–Trinajstić information content (AvgIpc) is 2.61. The summed E-state index contributed by atoms with van der Waals surface area (Å²) in [4.78, 5) is 24.3. The van der Waals surface area contributed by atoms with E-state index in [1.807, 2.05) is 26.1 Å². The van der Waals surface area contributed by atoms with Crippen LogP contribution in [0, 0.1) is 6.92 Å². The number of ether oxygens (including phenoxy) is 1. The molecule has 132 valence electrons. The number of aliphatic imine (C=N–C) groups is 1. The molecular formula is C17H27N5O2. The van der Waals surface area contributed by atoms with Gasteiger partial charge >= 0.3 is 6.09 Å². The van der Waals surface area contributed by atoms with Crippen molar-refractivity contribution in [1.29, 1.82) is 0 Å². The lowest BCUT2D eigenvalue weighted by Crippen LogP contribution is -2.54. The van der Waals surface area contributed by atoms with E-state index in [0.717, 1.165) is 37.7 Å². The third kappa shape index (κ3) is 5.11. The third-order valence-corrected chi connectivity index (χ3v) is 3.99. The fraction of sp³-hybridized carbons (Fsp3) is 0.588. The van der Waals surface area contributed by atoms with Crippen LogP contribution in [-0.2, 0) is 11.2 Å². The van der Waals surface area contributed by atoms with Crippen LogP contribution < -0.4 is 5.32 Å². The lowest BCUT2D eigenvalue weighted by molar-refractivity contribution is 0.0915. The molecule has 7 nitrogen and oxygen atoms in total. The molecule has 0 radical (unpaired) electrons. The van der Waals surface area contributed by atoms with Crippen LogP contribution in [0.25, 0.3) is 0 Å². The van der Waals surface area contributed by atoms with Crippen molar-refractivity contribution in [2.24, 2.45) is 4.99 Å². The molecule has 0 bridgehead atoms. The standard InChI is InChI=1S/C17H27N5O2/c1-4-24-17(23)22-11-9-21(10-12-22)16(18-3)19-8-7-15-6-5-14(2)20-13-15/h5-6,13H,4,7-12H2,1-3H3,(H,18,19). The largest absolute Gasteiger partial charge is 0.450 e. The second kappa shape index (κ2) is 9.10. The zero-order valence-electron chi connectivity index (χ0n) is 14.8. The van der Waals surface area contributed by atoms with Crippen LogP contribution >= 0.6 is 0 Å². The number of nitrogens with zero attached hydrogens (tertiary/aromatic N) is 4. The maximum Gasteiger partial charge on any atom is 0.409 e. The molecule has 1 aromatic heterocycles. The number of carbonyl (C=O) groups is 1. The number of nitrogens with one attached hydrogen (secondary N) is 1. The summed E-state index contributed by atoms with van der Waals surface area (Å²) in [5.74, 6) is 0.874. The van der Waals surface area contributed by atoms with E-state index >= 15 is 0 Å². The molecule has 2 rings (SSSR count). The second-order valence-electron chi connectivity index (χ2n) is 5.70. The summed E-state index contributed by atoms with van der Waals surface area (Å²) in [7, 11) is 1.79. The van der Waals surface area contributed by atoms with E-state index in [1.54, 1.807) is 11.9 Å². The van der Waals surface area contributed by atoms with Crippen LogP contribution in [0.4, 0.5) is 4.79 Å². The van der Waals surface area contributed by atoms with Crippen molar-refractivity contribution < 1.29 is 9.53 Å². The van der Waals surface area contributed by atoms with Gasteiger partial charge in [-0.15, -0.1) is 0 Å². The summed E-state index contributed by atoms with van der Waals surface area (Å²) in [6.07, 6.45) is 2.58. The van der Waals surface area contributed by atoms with Crippen molar-refractivity contribution in [3.8, 4) is 0 Å². The molecule has 1 aliphatic heterocycles. The number of carbonyl (C=O) groups excluding carboxylic acids is 1. The fourth-order valence-electron chi connectivity index (χ4n) is 2.61. The summed E-state index contributed by atoms with van der Waals surface area (Å²) >= 11 is 0. The van der Waals surface area contributed by atoms with E-state index in [-0.39, 0.29) is 6.09 Å². The van der Waals surface area contributed by atoms with E-state index < -0.39 is 0 Å². The Morgan fingerprint density at radius 1 is 1.29 bits per heavy atom. The van der Waals surface area contributed by atoms with E-state index in [2.05, 4.69) is 26.3 Å². The van der Waals surface area contributed by atoms with Gasteiger partial charge in [0.25, 0.3) is 0 Å². The molecule has 0 atom stereocenters. The van der Waals surface area contributed by atoms with Crippen molar-refractivity contribution in [3.05, 3.63) is 29.6 Å². The number of aryl methyl sites for hydroxylation is 1. The van der Waals surface area contributed by atoms with Crippen LogP contribution in [0.2, 0.25) is 0 Å². The predicted molar refractivity (Wildman–Crippen MR) is 94.2 cm³/mol. The molecule has 2 heterocycles. The van der Waals surface area contributed by atoms with Gasteiger partial charge < -0.3 is 19.9 Å². The number of piperazine rings is 1. The SMILES string of the molecule is CCOC(=O)N1CCN(C(=NC)NCCc2ccc(C)nc2)CC1. The van der Waals surface area contributed by atoms with Gasteiger partial charge in [-0.25, -0.2) is 4.79 Å². The topological polar surface area (TPSA) is 70.1 Å². The number of hydrogen-bond donors (Lipinski definition) is 1. The van der Waals surface area contributed by atoms with Gasteiger partial charge in [0, 0.05) is 51.7 Å². The Bertz CT molecular complexity index is 551. The first-order valence-electron chi connectivity index (χ1n) is 8.43. The predicted octanol–water partition coefficient (Wildman–Crippen LogP) is 1.28. The molecule has 1 amide bonds. The van der Waals surface area contributed by atoms with Crippen LogP contribution in [0.3, 0.4) is 0 Å². The minimum absolute atomic E-state index is 0.230. The molecule has 0 unspecified atom stereocenters. The Labute approximate surface area is 143 Å². The summed E-state index contributed by atoms with van der Waals surface area (Å²) in [5.41, 5.74) is 2.23. The molecule has 0 aromatic carbocycles. The highest BCUT2D eigenvalue weighted by atomic mass is 16.6. The van der Waals surface area contributed by atoms with Gasteiger partial charge in [0.1, 0.15) is 0 Å². The monoisotopic (exact) mass is 333 g/mol. The first-order valence-corrected chi connectivity index (χ1v) is 8.43. The second-order valence-corrected chi connectivity index (χ2v) is 5.70. The first kappa shape index (κ1) is 18.0. The average molecular weight is 333 g/mol. The van der Waals surface area contributed by atoms with Crippen molar-refractivity contribution in [3.63, 3.8) is 0 Å². The van der Waals surface area contributed by atoms with E-state index in [4.69, 9.17) is 4.74 Å². The lowest BCUT2D eigenvalue weighted by Gasteiger charge is -2.35. The molecule has 0 spiro atoms. The van der Waals surface area contributed by atoms with Crippen LogP contribution in [-0.4, -0.2) is 73.2 Å². The van der Waals surface area contributed by atoms with Crippen LogP contribution in [0.5, 0.6) is 0 Å². The molecule has 1 fully saturated rings. The van der Waals surface area contributed by atoms with Gasteiger partial charge in [-0.1, -0.05) is 6.07 Å². The molecular weight excluding hydrogens is 306 g/mol. The molecule has 1 aromatic rings. The molecule has 1 N–H and O–H groups in total. The zero-order chi connectivity index (χ0) is 17.4. The first-order chi connectivity index (χ1) is 11.6. The minimum Gasteiger partial charge on any atom is -0.450 e. The third-order valence-electron chi connectivity index (χ3n) is 3.99. The van der Waals surface area contributed by atoms with Gasteiger partial charge in [0.15, 0.2) is 5.96 Å². The van der Waals surface area contributed by atoms with Crippen molar-refractivity contribution in [2.45, 2.75) is 20.3 Å². The van der Waals surface area contributed by atoms with Crippen LogP contribution in [0.1, 0.15) is 18.2 Å². The summed E-state index contributed by atoms with van der Waals surface area (Å²) < 4.78 is 5.04. The highest BCUT2D eigenvalue weighted by Crippen LogP contribution is 2.05. The van der Waals surface area contributed by atoms with E-state index in [1.165, 1.54) is 5.56 Å². The van der Waals surface area contributed by atoms with Gasteiger partial charge in [0.05, 0.1) is 6.61 Å². The molecule has 1 saturated heterocycles. The number of aromatic nitrogens is 1. The Morgan fingerprint density at radius 2 is 2.00 bits per heavy atom. The Morgan fingerprint density at radius 3 is 2.58 bits per heavy atom. The van der Waals surface area contributed by atoms with Crippen molar-refractivity contribution >= 4 is 12.1 Å². The highest BCUT2D eigenvalue weighted by Gasteiger charge is 2.23. The summed E-state index contributed by atoms with van der Waals surface area (Å²) in [6, 6.07) is 4.13. The Kier molecular flexibility index (Phi) is 6.84. The van der Waals surface area contributed by atoms with Gasteiger partial charge in [-0.2, -0.15) is 0 Å². The number of rotatable bonds is 4. The molecule has 0 aliphatic carbocycles. The summed E-state index contributed by atoms with van der Waals surface area (Å²) in [6.45, 7) is 7.84.